The van der Waals surface area contributed by atoms with Crippen LogP contribution in [0.3, 0.4) is 0 Å². The molecule has 1 rings (SSSR count). The quantitative estimate of drug-likeness (QED) is 0.641. The van der Waals surface area contributed by atoms with Crippen molar-refractivity contribution in [2.45, 2.75) is 6.43 Å². The Morgan fingerprint density at radius 3 is 2.40 bits per heavy atom. The predicted octanol–water partition coefficient (Wildman–Crippen LogP) is 2.33. The van der Waals surface area contributed by atoms with E-state index in [2.05, 4.69) is 0 Å². The number of hydrogen-bond acceptors (Lipinski definition) is 1. The molecule has 0 radical (unpaired) electrons. The van der Waals surface area contributed by atoms with Gasteiger partial charge in [-0.3, -0.25) is 0 Å². The van der Waals surface area contributed by atoms with Crippen molar-refractivity contribution in [1.82, 2.24) is 0 Å². The lowest BCUT2D eigenvalue weighted by atomic mass is 10.2. The minimum Gasteiger partial charge on any atom is -0.508 e. The molecule has 1 N–H and O–H groups in total. The van der Waals surface area contributed by atoms with Crippen LogP contribution in [0.25, 0.3) is 0 Å². The molecule has 1 nitrogen and oxygen atoms in total. The fourth-order valence-corrected chi connectivity index (χ4v) is 0.661. The van der Waals surface area contributed by atoms with Crippen molar-refractivity contribution in [2.24, 2.45) is 0 Å². The highest BCUT2D eigenvalue weighted by molar-refractivity contribution is 5.27. The Labute approximate surface area is 56.9 Å². The van der Waals surface area contributed by atoms with Gasteiger partial charge in [0.15, 0.2) is 0 Å². The van der Waals surface area contributed by atoms with Gasteiger partial charge in [0.1, 0.15) is 5.75 Å². The summed E-state index contributed by atoms with van der Waals surface area (Å²) < 4.78 is 23.7. The molecule has 1 aromatic carbocycles. The summed E-state index contributed by atoms with van der Waals surface area (Å²) in [5, 5.41) is 8.73. The van der Waals surface area contributed by atoms with Crippen molar-refractivity contribution in [1.29, 1.82) is 0 Å². The highest BCUT2D eigenvalue weighted by atomic mass is 19.3. The van der Waals surface area contributed by atoms with Gasteiger partial charge in [0.25, 0.3) is 6.43 Å². The van der Waals surface area contributed by atoms with Gasteiger partial charge in [0.05, 0.1) is 0 Å². The van der Waals surface area contributed by atoms with Gasteiger partial charge in [-0.2, -0.15) is 0 Å². The van der Waals surface area contributed by atoms with Crippen LogP contribution in [0, 0.1) is 0 Å². The highest BCUT2D eigenvalue weighted by Crippen LogP contribution is 2.21. The molecule has 0 unspecified atom stereocenters. The number of alkyl halides is 2. The largest absolute Gasteiger partial charge is 0.508 e. The van der Waals surface area contributed by atoms with Crippen molar-refractivity contribution < 1.29 is 13.9 Å². The maximum atomic E-state index is 11.8. The van der Waals surface area contributed by atoms with Crippen LogP contribution in [-0.4, -0.2) is 5.11 Å². The van der Waals surface area contributed by atoms with Gasteiger partial charge in [-0.05, 0) is 12.1 Å². The normalized spacial score (nSPS) is 10.3. The Hall–Kier alpha value is -1.12. The van der Waals surface area contributed by atoms with Crippen molar-refractivity contribution >= 4 is 0 Å². The number of phenolic OH excluding ortho intramolecular Hbond substituents is 1. The molecular formula is C7H6F2O. The van der Waals surface area contributed by atoms with Crippen LogP contribution in [0.2, 0.25) is 0 Å². The average Bonchev–Trinajstić information content (AvgIpc) is 1.88. The topological polar surface area (TPSA) is 20.2 Å². The maximum Gasteiger partial charge on any atom is 0.263 e. The standard InChI is InChI=1S/C7H6F2O/c8-7(9)5-2-1-3-6(10)4-5/h1-4,7,10H. The monoisotopic (exact) mass is 144 g/mol. The number of halogens is 2. The summed E-state index contributed by atoms with van der Waals surface area (Å²) in [6, 6.07) is 5.05. The first kappa shape index (κ1) is 6.99. The van der Waals surface area contributed by atoms with Crippen LogP contribution in [0.1, 0.15) is 12.0 Å². The highest BCUT2D eigenvalue weighted by Gasteiger charge is 2.05. The number of rotatable bonds is 1. The molecule has 10 heavy (non-hydrogen) atoms. The average molecular weight is 144 g/mol. The Balaban J connectivity index is 2.96. The van der Waals surface area contributed by atoms with E-state index >= 15 is 0 Å². The summed E-state index contributed by atoms with van der Waals surface area (Å²) in [6.45, 7) is 0. The minimum absolute atomic E-state index is 0.127. The Morgan fingerprint density at radius 1 is 1.30 bits per heavy atom. The smallest absolute Gasteiger partial charge is 0.263 e. The zero-order chi connectivity index (χ0) is 7.56. The van der Waals surface area contributed by atoms with Crippen molar-refractivity contribution in [2.75, 3.05) is 0 Å². The van der Waals surface area contributed by atoms with Gasteiger partial charge in [-0.15, -0.1) is 0 Å². The van der Waals surface area contributed by atoms with Crippen LogP contribution >= 0.6 is 0 Å². The first-order valence-electron chi connectivity index (χ1n) is 2.77. The minimum atomic E-state index is -2.51. The number of aromatic hydroxyl groups is 1. The number of benzene rings is 1. The van der Waals surface area contributed by atoms with Gasteiger partial charge >= 0.3 is 0 Å². The van der Waals surface area contributed by atoms with Gasteiger partial charge in [0, 0.05) is 5.56 Å². The molecular weight excluding hydrogens is 138 g/mol. The van der Waals surface area contributed by atoms with Gasteiger partial charge in [-0.25, -0.2) is 8.78 Å². The van der Waals surface area contributed by atoms with Crippen LogP contribution < -0.4 is 0 Å². The second-order valence-electron chi connectivity index (χ2n) is 1.90. The molecule has 0 aliphatic rings. The molecule has 0 saturated carbocycles. The lowest BCUT2D eigenvalue weighted by Crippen LogP contribution is -1.80. The molecule has 1 aromatic rings. The Morgan fingerprint density at radius 2 is 2.00 bits per heavy atom. The van der Waals surface area contributed by atoms with Gasteiger partial charge in [0.2, 0.25) is 0 Å². The summed E-state index contributed by atoms with van der Waals surface area (Å²) >= 11 is 0. The van der Waals surface area contributed by atoms with Crippen LogP contribution in [0.5, 0.6) is 5.75 Å². The SMILES string of the molecule is Oc1cccc(C(F)F)c1. The zero-order valence-corrected chi connectivity index (χ0v) is 5.09. The molecule has 0 aliphatic heterocycles. The Kier molecular flexibility index (Phi) is 1.85. The second-order valence-corrected chi connectivity index (χ2v) is 1.90. The van der Waals surface area contributed by atoms with Gasteiger partial charge in [-0.1, -0.05) is 12.1 Å². The van der Waals surface area contributed by atoms with E-state index in [0.717, 1.165) is 6.07 Å². The Bertz CT molecular complexity index is 223. The van der Waals surface area contributed by atoms with E-state index in [9.17, 15) is 8.78 Å². The van der Waals surface area contributed by atoms with Crippen LogP contribution in [0.4, 0.5) is 8.78 Å². The first-order valence-corrected chi connectivity index (χ1v) is 2.77. The summed E-state index contributed by atoms with van der Waals surface area (Å²) in [7, 11) is 0. The van der Waals surface area contributed by atoms with E-state index in [4.69, 9.17) is 5.11 Å². The van der Waals surface area contributed by atoms with Crippen LogP contribution in [-0.2, 0) is 0 Å². The van der Waals surface area contributed by atoms with Gasteiger partial charge < -0.3 is 5.11 Å². The van der Waals surface area contributed by atoms with Crippen molar-refractivity contribution in [3.05, 3.63) is 29.8 Å². The molecule has 54 valence electrons. The predicted molar refractivity (Wildman–Crippen MR) is 33.1 cm³/mol. The van der Waals surface area contributed by atoms with Crippen molar-refractivity contribution in [3.8, 4) is 5.75 Å². The third kappa shape index (κ3) is 1.43. The third-order valence-electron chi connectivity index (χ3n) is 1.12. The lowest BCUT2D eigenvalue weighted by molar-refractivity contribution is 0.151. The summed E-state index contributed by atoms with van der Waals surface area (Å²) in [6.07, 6.45) is -2.51. The van der Waals surface area contributed by atoms with E-state index in [1.807, 2.05) is 0 Å². The fourth-order valence-electron chi connectivity index (χ4n) is 0.661. The molecule has 0 aliphatic carbocycles. The van der Waals surface area contributed by atoms with E-state index in [1.165, 1.54) is 18.2 Å². The summed E-state index contributed by atoms with van der Waals surface area (Å²) in [5.41, 5.74) is -0.153. The van der Waals surface area contributed by atoms with E-state index < -0.39 is 6.43 Å². The maximum absolute atomic E-state index is 11.8. The molecule has 0 aromatic heterocycles. The number of hydrogen-bond donors (Lipinski definition) is 1. The summed E-state index contributed by atoms with van der Waals surface area (Å²) in [4.78, 5) is 0. The van der Waals surface area contributed by atoms with Crippen molar-refractivity contribution in [3.63, 3.8) is 0 Å². The molecule has 3 heteroatoms. The molecule has 0 heterocycles. The third-order valence-corrected chi connectivity index (χ3v) is 1.12. The molecule has 0 fully saturated rings. The molecule has 0 bridgehead atoms. The van der Waals surface area contributed by atoms with E-state index in [-0.39, 0.29) is 11.3 Å². The number of phenols is 1. The second kappa shape index (κ2) is 2.64. The summed E-state index contributed by atoms with van der Waals surface area (Å²) in [5.74, 6) is -0.127. The van der Waals surface area contributed by atoms with Crippen LogP contribution in [0.15, 0.2) is 24.3 Å². The fraction of sp³-hybridized carbons (Fsp3) is 0.143. The van der Waals surface area contributed by atoms with E-state index in [1.54, 1.807) is 0 Å². The molecule has 0 spiro atoms. The zero-order valence-electron chi connectivity index (χ0n) is 5.09. The molecule has 0 atom stereocenters. The molecule has 0 saturated heterocycles. The van der Waals surface area contributed by atoms with E-state index in [0.29, 0.717) is 0 Å². The molecule has 0 amide bonds. The lowest BCUT2D eigenvalue weighted by Gasteiger charge is -1.97. The first-order chi connectivity index (χ1) is 4.70.